The van der Waals surface area contributed by atoms with Crippen LogP contribution in [0.1, 0.15) is 18.9 Å². The van der Waals surface area contributed by atoms with Crippen molar-refractivity contribution in [3.05, 3.63) is 59.9 Å². The minimum Gasteiger partial charge on any atom is -0.324 e. The molecular weight excluding hydrogens is 343 g/mol. The molecule has 0 unspecified atom stereocenters. The van der Waals surface area contributed by atoms with Crippen molar-refractivity contribution in [2.24, 2.45) is 0 Å². The van der Waals surface area contributed by atoms with Crippen LogP contribution in [-0.4, -0.2) is 26.6 Å². The SMILES string of the molecule is CC[C@H](C(=O)Nc1ccccc1C)N(c1ccc(F)cc1)S(C)(=O)=O. The first-order chi connectivity index (χ1) is 11.7. The Bertz CT molecular complexity index is 851. The molecule has 0 aliphatic carbocycles. The molecule has 0 heterocycles. The molecule has 0 fully saturated rings. The molecule has 2 rings (SSSR count). The van der Waals surface area contributed by atoms with Crippen LogP contribution in [-0.2, 0) is 14.8 Å². The molecule has 2 aromatic carbocycles. The van der Waals surface area contributed by atoms with Crippen LogP contribution in [0.5, 0.6) is 0 Å². The number of anilines is 2. The van der Waals surface area contributed by atoms with Crippen LogP contribution in [0.4, 0.5) is 15.8 Å². The second kappa shape index (κ2) is 7.65. The zero-order chi connectivity index (χ0) is 18.6. The van der Waals surface area contributed by atoms with Crippen LogP contribution in [0.3, 0.4) is 0 Å². The summed E-state index contributed by atoms with van der Waals surface area (Å²) in [6, 6.07) is 11.3. The fraction of sp³-hybridized carbons (Fsp3) is 0.278. The fourth-order valence-corrected chi connectivity index (χ4v) is 3.79. The van der Waals surface area contributed by atoms with E-state index >= 15 is 0 Å². The van der Waals surface area contributed by atoms with Gasteiger partial charge in [0.2, 0.25) is 15.9 Å². The van der Waals surface area contributed by atoms with Crippen molar-refractivity contribution in [3.8, 4) is 0 Å². The van der Waals surface area contributed by atoms with Gasteiger partial charge in [-0.15, -0.1) is 0 Å². The Morgan fingerprint density at radius 2 is 1.76 bits per heavy atom. The first kappa shape index (κ1) is 18.9. The molecule has 0 spiro atoms. The van der Waals surface area contributed by atoms with E-state index in [2.05, 4.69) is 5.32 Å². The first-order valence-corrected chi connectivity index (χ1v) is 9.70. The van der Waals surface area contributed by atoms with Crippen LogP contribution in [0.25, 0.3) is 0 Å². The van der Waals surface area contributed by atoms with E-state index in [1.165, 1.54) is 24.3 Å². The molecule has 2 aromatic rings. The Balaban J connectivity index is 2.38. The molecule has 25 heavy (non-hydrogen) atoms. The lowest BCUT2D eigenvalue weighted by Crippen LogP contribution is -2.47. The lowest BCUT2D eigenvalue weighted by molar-refractivity contribution is -0.117. The monoisotopic (exact) mass is 364 g/mol. The standard InChI is InChI=1S/C18H21FN2O3S/c1-4-17(18(22)20-16-8-6-5-7-13(16)2)21(25(3,23)24)15-11-9-14(19)10-12-15/h5-12,17H,4H2,1-3H3,(H,20,22)/t17-/m1/s1. The molecule has 1 atom stereocenters. The van der Waals surface area contributed by atoms with Gasteiger partial charge in [0.15, 0.2) is 0 Å². The lowest BCUT2D eigenvalue weighted by Gasteiger charge is -2.30. The van der Waals surface area contributed by atoms with E-state index in [1.807, 2.05) is 19.1 Å². The smallest absolute Gasteiger partial charge is 0.248 e. The van der Waals surface area contributed by atoms with Gasteiger partial charge in [-0.1, -0.05) is 25.1 Å². The number of nitrogens with zero attached hydrogens (tertiary/aromatic N) is 1. The molecule has 7 heteroatoms. The van der Waals surface area contributed by atoms with E-state index in [0.717, 1.165) is 16.1 Å². The predicted octanol–water partition coefficient (Wildman–Crippen LogP) is 3.32. The average molecular weight is 364 g/mol. The Hall–Kier alpha value is -2.41. The number of rotatable bonds is 6. The summed E-state index contributed by atoms with van der Waals surface area (Å²) < 4.78 is 38.8. The topological polar surface area (TPSA) is 66.5 Å². The third-order valence-corrected chi connectivity index (χ3v) is 4.99. The highest BCUT2D eigenvalue weighted by atomic mass is 32.2. The average Bonchev–Trinajstić information content (AvgIpc) is 2.54. The van der Waals surface area contributed by atoms with Gasteiger partial charge < -0.3 is 5.32 Å². The molecule has 0 saturated heterocycles. The summed E-state index contributed by atoms with van der Waals surface area (Å²) in [5.74, 6) is -0.916. The Labute approximate surface area is 147 Å². The van der Waals surface area contributed by atoms with Crippen molar-refractivity contribution < 1.29 is 17.6 Å². The first-order valence-electron chi connectivity index (χ1n) is 7.85. The summed E-state index contributed by atoms with van der Waals surface area (Å²) in [4.78, 5) is 12.7. The summed E-state index contributed by atoms with van der Waals surface area (Å²) in [7, 11) is -3.74. The van der Waals surface area contributed by atoms with Crippen molar-refractivity contribution in [3.63, 3.8) is 0 Å². The number of nitrogens with one attached hydrogen (secondary N) is 1. The molecule has 0 aromatic heterocycles. The summed E-state index contributed by atoms with van der Waals surface area (Å²) in [6.45, 7) is 3.58. The zero-order valence-electron chi connectivity index (χ0n) is 14.4. The van der Waals surface area contributed by atoms with Crippen molar-refractivity contribution >= 4 is 27.3 Å². The number of aryl methyl sites for hydroxylation is 1. The number of hydrogen-bond acceptors (Lipinski definition) is 3. The van der Waals surface area contributed by atoms with E-state index in [1.54, 1.807) is 19.1 Å². The van der Waals surface area contributed by atoms with Gasteiger partial charge in [0.05, 0.1) is 11.9 Å². The zero-order valence-corrected chi connectivity index (χ0v) is 15.2. The third-order valence-electron chi connectivity index (χ3n) is 3.81. The number of para-hydroxylation sites is 1. The number of halogens is 1. The maximum absolute atomic E-state index is 13.2. The number of carbonyl (C=O) groups is 1. The molecule has 0 saturated carbocycles. The number of sulfonamides is 1. The van der Waals surface area contributed by atoms with Gasteiger partial charge in [0, 0.05) is 5.69 Å². The van der Waals surface area contributed by atoms with E-state index in [0.29, 0.717) is 5.69 Å². The van der Waals surface area contributed by atoms with E-state index < -0.39 is 27.8 Å². The van der Waals surface area contributed by atoms with Crippen LogP contribution < -0.4 is 9.62 Å². The molecule has 0 radical (unpaired) electrons. The van der Waals surface area contributed by atoms with Gasteiger partial charge in [0.1, 0.15) is 11.9 Å². The number of amides is 1. The van der Waals surface area contributed by atoms with Crippen molar-refractivity contribution in [2.75, 3.05) is 15.9 Å². The molecule has 1 amide bonds. The Morgan fingerprint density at radius 1 is 1.16 bits per heavy atom. The lowest BCUT2D eigenvalue weighted by atomic mass is 10.1. The highest BCUT2D eigenvalue weighted by molar-refractivity contribution is 7.92. The molecule has 0 bridgehead atoms. The van der Waals surface area contributed by atoms with Crippen LogP contribution >= 0.6 is 0 Å². The van der Waals surface area contributed by atoms with E-state index in [4.69, 9.17) is 0 Å². The normalized spacial score (nSPS) is 12.5. The molecule has 0 aliphatic heterocycles. The van der Waals surface area contributed by atoms with Gasteiger partial charge in [-0.3, -0.25) is 9.10 Å². The van der Waals surface area contributed by atoms with Crippen molar-refractivity contribution in [2.45, 2.75) is 26.3 Å². The minimum atomic E-state index is -3.74. The van der Waals surface area contributed by atoms with Gasteiger partial charge in [-0.2, -0.15) is 0 Å². The van der Waals surface area contributed by atoms with Crippen molar-refractivity contribution in [1.82, 2.24) is 0 Å². The highest BCUT2D eigenvalue weighted by Crippen LogP contribution is 2.24. The van der Waals surface area contributed by atoms with Gasteiger partial charge in [0.25, 0.3) is 0 Å². The molecule has 5 nitrogen and oxygen atoms in total. The second-order valence-electron chi connectivity index (χ2n) is 5.76. The largest absolute Gasteiger partial charge is 0.324 e. The molecule has 0 aliphatic rings. The van der Waals surface area contributed by atoms with Gasteiger partial charge >= 0.3 is 0 Å². The molecule has 134 valence electrons. The van der Waals surface area contributed by atoms with Crippen LogP contribution in [0.2, 0.25) is 0 Å². The maximum Gasteiger partial charge on any atom is 0.248 e. The summed E-state index contributed by atoms with van der Waals surface area (Å²) >= 11 is 0. The maximum atomic E-state index is 13.2. The van der Waals surface area contributed by atoms with E-state index in [-0.39, 0.29) is 12.1 Å². The van der Waals surface area contributed by atoms with Crippen LogP contribution in [0.15, 0.2) is 48.5 Å². The number of hydrogen-bond donors (Lipinski definition) is 1. The van der Waals surface area contributed by atoms with E-state index in [9.17, 15) is 17.6 Å². The van der Waals surface area contributed by atoms with Gasteiger partial charge in [-0.25, -0.2) is 12.8 Å². The number of carbonyl (C=O) groups excluding carboxylic acids is 1. The molecular formula is C18H21FN2O3S. The second-order valence-corrected chi connectivity index (χ2v) is 7.62. The molecule has 1 N–H and O–H groups in total. The highest BCUT2D eigenvalue weighted by Gasteiger charge is 2.31. The van der Waals surface area contributed by atoms with Crippen molar-refractivity contribution in [1.29, 1.82) is 0 Å². The quantitative estimate of drug-likeness (QED) is 0.855. The predicted molar refractivity (Wildman–Crippen MR) is 97.6 cm³/mol. The minimum absolute atomic E-state index is 0.246. The summed E-state index contributed by atoms with van der Waals surface area (Å²) in [5.41, 5.74) is 1.74. The Kier molecular flexibility index (Phi) is 5.79. The summed E-state index contributed by atoms with van der Waals surface area (Å²) in [5, 5.41) is 2.78. The van der Waals surface area contributed by atoms with Gasteiger partial charge in [-0.05, 0) is 49.2 Å². The third kappa shape index (κ3) is 4.57. The Morgan fingerprint density at radius 3 is 2.28 bits per heavy atom. The number of benzene rings is 2. The fourth-order valence-electron chi connectivity index (χ4n) is 2.58. The summed E-state index contributed by atoms with van der Waals surface area (Å²) in [6.07, 6.45) is 1.29. The van der Waals surface area contributed by atoms with Crippen LogP contribution in [0, 0.1) is 12.7 Å².